The van der Waals surface area contributed by atoms with Crippen LogP contribution < -0.4 is 5.56 Å². The molecular weight excluding hydrogens is 429 g/mol. The number of fused-ring (bicyclic) bond motifs is 1. The Bertz CT molecular complexity index is 1320. The summed E-state index contributed by atoms with van der Waals surface area (Å²) in [5.74, 6) is -0.517. The molecule has 0 bridgehead atoms. The Morgan fingerprint density at radius 1 is 1.21 bits per heavy atom. The highest BCUT2D eigenvalue weighted by atomic mass is 32.2. The van der Waals surface area contributed by atoms with Crippen LogP contribution in [0.2, 0.25) is 0 Å². The summed E-state index contributed by atoms with van der Waals surface area (Å²) in [7, 11) is 0. The fourth-order valence-electron chi connectivity index (χ4n) is 2.74. The van der Waals surface area contributed by atoms with Crippen LogP contribution in [0.5, 0.6) is 0 Å². The number of hydrogen-bond acceptors (Lipinski definition) is 6. The molecule has 0 saturated carbocycles. The van der Waals surface area contributed by atoms with Crippen molar-refractivity contribution in [3.63, 3.8) is 0 Å². The van der Waals surface area contributed by atoms with Gasteiger partial charge in [-0.3, -0.25) is 14.2 Å². The van der Waals surface area contributed by atoms with Gasteiger partial charge in [-0.2, -0.15) is 0 Å². The van der Waals surface area contributed by atoms with Crippen LogP contribution in [0.3, 0.4) is 0 Å². The van der Waals surface area contributed by atoms with Gasteiger partial charge in [0.15, 0.2) is 20.5 Å². The minimum atomic E-state index is -0.400. The lowest BCUT2D eigenvalue weighted by Crippen LogP contribution is -2.11. The zero-order chi connectivity index (χ0) is 20.5. The van der Waals surface area contributed by atoms with Gasteiger partial charge in [0, 0.05) is 11.3 Å². The molecule has 2 aromatic carbocycles. The van der Waals surface area contributed by atoms with Crippen LogP contribution >= 0.6 is 35.3 Å². The highest BCUT2D eigenvalue weighted by Gasteiger charge is 2.15. The van der Waals surface area contributed by atoms with Gasteiger partial charge < -0.3 is 4.98 Å². The third kappa shape index (κ3) is 4.07. The van der Waals surface area contributed by atoms with Crippen molar-refractivity contribution in [1.29, 1.82) is 0 Å². The number of aromatic amines is 1. The van der Waals surface area contributed by atoms with Gasteiger partial charge in [0.25, 0.3) is 5.56 Å². The Hall–Kier alpha value is -2.62. The maximum absolute atomic E-state index is 13.0. The van der Waals surface area contributed by atoms with Crippen molar-refractivity contribution in [3.8, 4) is 5.69 Å². The second-order valence-electron chi connectivity index (χ2n) is 6.28. The number of aromatic nitrogens is 3. The number of thiazole rings is 1. The van der Waals surface area contributed by atoms with Crippen LogP contribution in [-0.2, 0) is 0 Å². The number of ketones is 1. The first-order valence-electron chi connectivity index (χ1n) is 8.57. The standard InChI is InChI=1S/C20H14FN3O2S3/c1-11-2-8-14(9-3-11)24-17-16(29-20(24)27)18(26)23-19(22-17)28-10-15(25)12-4-6-13(21)7-5-12/h2-9H,10H2,1H3,(H,22,23,26). The van der Waals surface area contributed by atoms with E-state index in [-0.39, 0.29) is 17.1 Å². The van der Waals surface area contributed by atoms with Gasteiger partial charge in [-0.1, -0.05) is 40.8 Å². The predicted octanol–water partition coefficient (Wildman–Crippen LogP) is 4.93. The molecule has 2 heterocycles. The number of halogens is 1. The molecule has 0 atom stereocenters. The SMILES string of the molecule is Cc1ccc(-n2c(=S)sc3c(=O)[nH]c(SCC(=O)c4ccc(F)cc4)nc32)cc1. The average molecular weight is 444 g/mol. The molecule has 0 amide bonds. The van der Waals surface area contributed by atoms with Crippen molar-refractivity contribution in [1.82, 2.24) is 14.5 Å². The van der Waals surface area contributed by atoms with Crippen LogP contribution in [0.1, 0.15) is 15.9 Å². The van der Waals surface area contributed by atoms with Crippen LogP contribution in [0.25, 0.3) is 16.0 Å². The summed E-state index contributed by atoms with van der Waals surface area (Å²) in [6, 6.07) is 13.1. The van der Waals surface area contributed by atoms with Gasteiger partial charge >= 0.3 is 0 Å². The van der Waals surface area contributed by atoms with E-state index in [4.69, 9.17) is 12.2 Å². The second-order valence-corrected chi connectivity index (χ2v) is 8.89. The third-order valence-corrected chi connectivity index (χ3v) is 6.45. The molecule has 0 spiro atoms. The van der Waals surface area contributed by atoms with Crippen molar-refractivity contribution in [3.05, 3.63) is 79.8 Å². The van der Waals surface area contributed by atoms with Crippen LogP contribution in [0.4, 0.5) is 4.39 Å². The number of carbonyl (C=O) groups excluding carboxylic acids is 1. The number of rotatable bonds is 5. The van der Waals surface area contributed by atoms with Gasteiger partial charge in [0.1, 0.15) is 10.5 Å². The van der Waals surface area contributed by atoms with E-state index in [0.717, 1.165) is 23.0 Å². The Labute approximate surface area is 178 Å². The van der Waals surface area contributed by atoms with Crippen molar-refractivity contribution >= 4 is 51.4 Å². The van der Waals surface area contributed by atoms with Crippen molar-refractivity contribution in [2.45, 2.75) is 12.1 Å². The van der Waals surface area contributed by atoms with Crippen molar-refractivity contribution < 1.29 is 9.18 Å². The average Bonchev–Trinajstić information content (AvgIpc) is 3.04. The van der Waals surface area contributed by atoms with E-state index < -0.39 is 5.82 Å². The number of benzene rings is 2. The van der Waals surface area contributed by atoms with E-state index in [0.29, 0.717) is 25.0 Å². The highest BCUT2D eigenvalue weighted by molar-refractivity contribution is 7.99. The number of Topliss-reactive ketones (excluding diaryl/α,β-unsaturated/α-hetero) is 1. The monoisotopic (exact) mass is 443 g/mol. The van der Waals surface area contributed by atoms with Gasteiger partial charge in [0.05, 0.1) is 5.75 Å². The number of nitrogens with one attached hydrogen (secondary N) is 1. The number of hydrogen-bond donors (Lipinski definition) is 1. The summed E-state index contributed by atoms with van der Waals surface area (Å²) >= 11 is 7.76. The first-order chi connectivity index (χ1) is 13.9. The minimum absolute atomic E-state index is 0.0650. The number of carbonyl (C=O) groups is 1. The first kappa shape index (κ1) is 19.7. The van der Waals surface area contributed by atoms with Crippen LogP contribution in [0.15, 0.2) is 58.5 Å². The predicted molar refractivity (Wildman–Crippen MR) is 117 cm³/mol. The zero-order valence-corrected chi connectivity index (χ0v) is 17.6. The van der Waals surface area contributed by atoms with E-state index >= 15 is 0 Å². The molecule has 0 unspecified atom stereocenters. The Morgan fingerprint density at radius 3 is 2.59 bits per heavy atom. The first-order valence-corrected chi connectivity index (χ1v) is 10.8. The lowest BCUT2D eigenvalue weighted by atomic mass is 10.1. The fourth-order valence-corrected chi connectivity index (χ4v) is 4.76. The highest BCUT2D eigenvalue weighted by Crippen LogP contribution is 2.25. The Kier molecular flexibility index (Phi) is 5.44. The molecule has 2 aromatic heterocycles. The van der Waals surface area contributed by atoms with Crippen LogP contribution in [-0.4, -0.2) is 26.1 Å². The molecule has 1 N–H and O–H groups in total. The van der Waals surface area contributed by atoms with E-state index in [1.54, 1.807) is 4.57 Å². The summed E-state index contributed by atoms with van der Waals surface area (Å²) in [6.07, 6.45) is 0. The molecular formula is C20H14FN3O2S3. The second kappa shape index (κ2) is 8.02. The summed E-state index contributed by atoms with van der Waals surface area (Å²) < 4.78 is 15.7. The molecule has 0 fully saturated rings. The third-order valence-electron chi connectivity index (χ3n) is 4.22. The van der Waals surface area contributed by atoms with Crippen molar-refractivity contribution in [2.24, 2.45) is 0 Å². The molecule has 0 radical (unpaired) electrons. The molecule has 0 aliphatic carbocycles. The summed E-state index contributed by atoms with van der Waals surface area (Å²) in [4.78, 5) is 32.1. The largest absolute Gasteiger partial charge is 0.300 e. The van der Waals surface area contributed by atoms with Gasteiger partial charge in [-0.05, 0) is 55.5 Å². The molecule has 5 nitrogen and oxygen atoms in total. The molecule has 0 saturated heterocycles. The van der Waals surface area contributed by atoms with E-state index in [2.05, 4.69) is 9.97 Å². The molecule has 29 heavy (non-hydrogen) atoms. The van der Waals surface area contributed by atoms with Gasteiger partial charge in [-0.25, -0.2) is 9.37 Å². The molecule has 0 aliphatic rings. The number of thioether (sulfide) groups is 1. The van der Waals surface area contributed by atoms with Gasteiger partial charge in [-0.15, -0.1) is 0 Å². The molecule has 146 valence electrons. The summed E-state index contributed by atoms with van der Waals surface area (Å²) in [5, 5.41) is 0.326. The number of H-pyrrole nitrogens is 1. The Balaban J connectivity index is 1.67. The topological polar surface area (TPSA) is 67.8 Å². The smallest absolute Gasteiger partial charge is 0.271 e. The maximum atomic E-state index is 13.0. The quantitative estimate of drug-likeness (QED) is 0.205. The molecule has 4 rings (SSSR count). The minimum Gasteiger partial charge on any atom is -0.300 e. The lowest BCUT2D eigenvalue weighted by Gasteiger charge is -2.06. The molecule has 0 aliphatic heterocycles. The van der Waals surface area contributed by atoms with Crippen molar-refractivity contribution in [2.75, 3.05) is 5.75 Å². The van der Waals surface area contributed by atoms with Crippen LogP contribution in [0, 0.1) is 16.7 Å². The zero-order valence-electron chi connectivity index (χ0n) is 15.1. The Morgan fingerprint density at radius 2 is 1.90 bits per heavy atom. The summed E-state index contributed by atoms with van der Waals surface area (Å²) in [5.41, 5.74) is 2.50. The van der Waals surface area contributed by atoms with E-state index in [1.807, 2.05) is 31.2 Å². The molecule has 9 heteroatoms. The van der Waals surface area contributed by atoms with Gasteiger partial charge in [0.2, 0.25) is 0 Å². The molecule has 4 aromatic rings. The van der Waals surface area contributed by atoms with E-state index in [9.17, 15) is 14.0 Å². The number of nitrogens with zero attached hydrogens (tertiary/aromatic N) is 2. The normalized spacial score (nSPS) is 11.1. The lowest BCUT2D eigenvalue weighted by molar-refractivity contribution is 0.102. The van der Waals surface area contributed by atoms with E-state index in [1.165, 1.54) is 35.6 Å². The summed E-state index contributed by atoms with van der Waals surface area (Å²) in [6.45, 7) is 1.99. The fraction of sp³-hybridized carbons (Fsp3) is 0.100. The maximum Gasteiger partial charge on any atom is 0.271 e. The number of aryl methyl sites for hydroxylation is 1.